The van der Waals surface area contributed by atoms with Crippen LogP contribution in [0.4, 0.5) is 5.69 Å². The van der Waals surface area contributed by atoms with Gasteiger partial charge in [0.2, 0.25) is 0 Å². The van der Waals surface area contributed by atoms with Crippen molar-refractivity contribution in [1.29, 1.82) is 0 Å². The van der Waals surface area contributed by atoms with Gasteiger partial charge in [0.15, 0.2) is 7.28 Å². The Morgan fingerprint density at radius 3 is 2.45 bits per heavy atom. The van der Waals surface area contributed by atoms with Crippen molar-refractivity contribution in [3.8, 4) is 0 Å². The Morgan fingerprint density at radius 2 is 2.00 bits per heavy atom. The normalized spacial score (nSPS) is 9.36. The molecule has 0 saturated carbocycles. The molecule has 0 atom stereocenters. The number of halogens is 1. The van der Waals surface area contributed by atoms with Gasteiger partial charge in [-0.2, -0.15) is 0 Å². The lowest BCUT2D eigenvalue weighted by molar-refractivity contribution is 1.43. The summed E-state index contributed by atoms with van der Waals surface area (Å²) in [6.07, 6.45) is 0. The van der Waals surface area contributed by atoms with Crippen molar-refractivity contribution in [3.05, 3.63) is 24.3 Å². The number of anilines is 1. The standard InChI is InChI=1S/C8H11BIN/c1-9-7-5-3-4-6-8(7)11(2)10/h3-6,9H,1-2H3. The van der Waals surface area contributed by atoms with Crippen LogP contribution < -0.4 is 8.58 Å². The predicted octanol–water partition coefficient (Wildman–Crippen LogP) is 1.58. The Balaban J connectivity index is 3.02. The van der Waals surface area contributed by atoms with Crippen LogP contribution in [0, 0.1) is 0 Å². The number of rotatable bonds is 2. The Bertz CT molecular complexity index is 237. The third-order valence-electron chi connectivity index (χ3n) is 1.70. The molecule has 1 nitrogen and oxygen atoms in total. The molecular weight excluding hydrogens is 248 g/mol. The Kier molecular flexibility index (Phi) is 3.24. The summed E-state index contributed by atoms with van der Waals surface area (Å²) in [6.45, 7) is 2.18. The highest BCUT2D eigenvalue weighted by Crippen LogP contribution is 2.11. The molecule has 0 unspecified atom stereocenters. The molecule has 0 heterocycles. The van der Waals surface area contributed by atoms with Gasteiger partial charge in [0.25, 0.3) is 0 Å². The van der Waals surface area contributed by atoms with Gasteiger partial charge in [-0.1, -0.05) is 30.5 Å². The van der Waals surface area contributed by atoms with Crippen molar-refractivity contribution in [2.24, 2.45) is 0 Å². The van der Waals surface area contributed by atoms with Gasteiger partial charge in [-0.3, -0.25) is 0 Å². The van der Waals surface area contributed by atoms with Crippen LogP contribution in [0.2, 0.25) is 6.82 Å². The fraction of sp³-hybridized carbons (Fsp3) is 0.250. The second-order valence-electron chi connectivity index (χ2n) is 2.46. The monoisotopic (exact) mass is 259 g/mol. The average molecular weight is 259 g/mol. The molecule has 0 bridgehead atoms. The molecule has 11 heavy (non-hydrogen) atoms. The Morgan fingerprint density at radius 1 is 1.36 bits per heavy atom. The summed E-state index contributed by atoms with van der Waals surface area (Å²) in [5.74, 6) is 0. The highest BCUT2D eigenvalue weighted by molar-refractivity contribution is 14.1. The molecule has 0 N–H and O–H groups in total. The van der Waals surface area contributed by atoms with E-state index in [4.69, 9.17) is 0 Å². The van der Waals surface area contributed by atoms with Crippen LogP contribution in [-0.2, 0) is 0 Å². The first-order valence-electron chi connectivity index (χ1n) is 3.73. The molecule has 0 aliphatic rings. The summed E-state index contributed by atoms with van der Waals surface area (Å²) < 4.78 is 2.12. The largest absolute Gasteiger partial charge is 0.318 e. The molecule has 0 spiro atoms. The summed E-state index contributed by atoms with van der Waals surface area (Å²) in [7, 11) is 3.17. The zero-order chi connectivity index (χ0) is 8.27. The third kappa shape index (κ3) is 2.12. The van der Waals surface area contributed by atoms with Gasteiger partial charge in [-0.15, -0.1) is 0 Å². The lowest BCUT2D eigenvalue weighted by Gasteiger charge is -2.13. The fourth-order valence-corrected chi connectivity index (χ4v) is 1.58. The summed E-state index contributed by atoms with van der Waals surface area (Å²) in [4.78, 5) is 0. The van der Waals surface area contributed by atoms with Crippen LogP contribution in [0.15, 0.2) is 24.3 Å². The van der Waals surface area contributed by atoms with Crippen LogP contribution in [0.5, 0.6) is 0 Å². The number of para-hydroxylation sites is 1. The second kappa shape index (κ2) is 4.00. The minimum atomic E-state index is 1.10. The van der Waals surface area contributed by atoms with Gasteiger partial charge in [-0.05, 0) is 6.07 Å². The zero-order valence-electron chi connectivity index (χ0n) is 6.84. The molecule has 0 aliphatic carbocycles. The SMILES string of the molecule is CBc1ccccc1N(C)I. The van der Waals surface area contributed by atoms with Crippen molar-refractivity contribution in [3.63, 3.8) is 0 Å². The molecule has 0 aromatic heterocycles. The molecule has 0 radical (unpaired) electrons. The van der Waals surface area contributed by atoms with Crippen LogP contribution >= 0.6 is 22.9 Å². The molecule has 0 amide bonds. The van der Waals surface area contributed by atoms with Crippen LogP contribution in [0.3, 0.4) is 0 Å². The third-order valence-corrected chi connectivity index (χ3v) is 2.22. The highest BCUT2D eigenvalue weighted by Gasteiger charge is 2.01. The average Bonchev–Trinajstić information content (AvgIpc) is 2.04. The van der Waals surface area contributed by atoms with Gasteiger partial charge in [0.05, 0.1) is 22.9 Å². The van der Waals surface area contributed by atoms with E-state index in [9.17, 15) is 0 Å². The quantitative estimate of drug-likeness (QED) is 0.442. The smallest absolute Gasteiger partial charge is 0.157 e. The Hall–Kier alpha value is -0.185. The summed E-state index contributed by atoms with van der Waals surface area (Å²) >= 11 is 2.29. The summed E-state index contributed by atoms with van der Waals surface area (Å²) in [5, 5.41) is 0. The fourth-order valence-electron chi connectivity index (χ4n) is 1.11. The van der Waals surface area contributed by atoms with E-state index in [1.165, 1.54) is 11.2 Å². The van der Waals surface area contributed by atoms with E-state index in [1.807, 2.05) is 0 Å². The molecule has 58 valence electrons. The van der Waals surface area contributed by atoms with E-state index in [0.717, 1.165) is 7.28 Å². The van der Waals surface area contributed by atoms with E-state index in [-0.39, 0.29) is 0 Å². The maximum Gasteiger partial charge on any atom is 0.157 e. The topological polar surface area (TPSA) is 3.24 Å². The lowest BCUT2D eigenvalue weighted by atomic mass is 9.72. The molecule has 1 rings (SSSR count). The molecule has 0 aliphatic heterocycles. The van der Waals surface area contributed by atoms with Crippen molar-refractivity contribution in [1.82, 2.24) is 0 Å². The summed E-state index contributed by atoms with van der Waals surface area (Å²) in [5.41, 5.74) is 2.72. The van der Waals surface area contributed by atoms with Crippen molar-refractivity contribution in [2.75, 3.05) is 10.2 Å². The molecule has 0 fully saturated rings. The van der Waals surface area contributed by atoms with Gasteiger partial charge in [0.1, 0.15) is 0 Å². The molecule has 0 saturated heterocycles. The van der Waals surface area contributed by atoms with E-state index < -0.39 is 0 Å². The van der Waals surface area contributed by atoms with Gasteiger partial charge >= 0.3 is 0 Å². The molecule has 3 heteroatoms. The highest BCUT2D eigenvalue weighted by atomic mass is 127. The first-order valence-corrected chi connectivity index (χ1v) is 4.69. The summed E-state index contributed by atoms with van der Waals surface area (Å²) in [6, 6.07) is 8.47. The van der Waals surface area contributed by atoms with E-state index in [2.05, 4.69) is 64.1 Å². The van der Waals surface area contributed by atoms with E-state index >= 15 is 0 Å². The molecule has 1 aromatic carbocycles. The zero-order valence-corrected chi connectivity index (χ0v) is 9.00. The molecule has 1 aromatic rings. The van der Waals surface area contributed by atoms with E-state index in [1.54, 1.807) is 0 Å². The first-order chi connectivity index (χ1) is 5.25. The number of hydrogen-bond acceptors (Lipinski definition) is 1. The van der Waals surface area contributed by atoms with Crippen LogP contribution in [0.1, 0.15) is 0 Å². The van der Waals surface area contributed by atoms with Gasteiger partial charge < -0.3 is 3.11 Å². The Labute approximate surface area is 82.5 Å². The van der Waals surface area contributed by atoms with Crippen molar-refractivity contribution >= 4 is 41.3 Å². The van der Waals surface area contributed by atoms with E-state index in [0.29, 0.717) is 0 Å². The van der Waals surface area contributed by atoms with Crippen molar-refractivity contribution in [2.45, 2.75) is 6.82 Å². The first kappa shape index (κ1) is 8.91. The van der Waals surface area contributed by atoms with Gasteiger partial charge in [0, 0.05) is 12.7 Å². The predicted molar refractivity (Wildman–Crippen MR) is 61.5 cm³/mol. The van der Waals surface area contributed by atoms with Crippen molar-refractivity contribution < 1.29 is 0 Å². The van der Waals surface area contributed by atoms with Crippen LogP contribution in [-0.4, -0.2) is 14.3 Å². The number of hydrogen-bond donors (Lipinski definition) is 0. The van der Waals surface area contributed by atoms with Crippen LogP contribution in [0.25, 0.3) is 0 Å². The minimum absolute atomic E-state index is 1.10. The maximum absolute atomic E-state index is 2.29. The minimum Gasteiger partial charge on any atom is -0.318 e. The maximum atomic E-state index is 2.29. The van der Waals surface area contributed by atoms with Gasteiger partial charge in [-0.25, -0.2) is 0 Å². The molecular formula is C8H11BIN. The number of nitrogens with zero attached hydrogens (tertiary/aromatic N) is 1. The lowest BCUT2D eigenvalue weighted by Crippen LogP contribution is -2.18. The number of benzene rings is 1. The second-order valence-corrected chi connectivity index (χ2v) is 3.91.